The van der Waals surface area contributed by atoms with Gasteiger partial charge in [0.1, 0.15) is 5.67 Å². The van der Waals surface area contributed by atoms with Crippen molar-refractivity contribution in [3.63, 3.8) is 0 Å². The van der Waals surface area contributed by atoms with Crippen LogP contribution in [0.15, 0.2) is 47.0 Å². The Hall–Kier alpha value is -3.13. The summed E-state index contributed by atoms with van der Waals surface area (Å²) in [5, 5.41) is 5.53. The van der Waals surface area contributed by atoms with Crippen LogP contribution in [0.25, 0.3) is 21.3 Å². The number of halogens is 1. The Morgan fingerprint density at radius 3 is 2.32 bits per heavy atom. The van der Waals surface area contributed by atoms with Crippen molar-refractivity contribution >= 4 is 33.1 Å². The van der Waals surface area contributed by atoms with Crippen molar-refractivity contribution in [3.05, 3.63) is 59.2 Å². The highest BCUT2D eigenvalue weighted by molar-refractivity contribution is 7.18. The maximum absolute atomic E-state index is 14.4. The summed E-state index contributed by atoms with van der Waals surface area (Å²) in [6.07, 6.45) is 8.23. The molecule has 2 aromatic carbocycles. The number of hydrogen-bond acceptors (Lipinski definition) is 6. The van der Waals surface area contributed by atoms with E-state index < -0.39 is 5.67 Å². The number of aryl methyl sites for hydroxylation is 1. The topological polar surface area (TPSA) is 72.1 Å². The normalized spacial score (nSPS) is 30.7. The first-order valence-corrected chi connectivity index (χ1v) is 17.0. The van der Waals surface area contributed by atoms with E-state index in [0.29, 0.717) is 38.1 Å². The van der Waals surface area contributed by atoms with Crippen LogP contribution in [0.3, 0.4) is 0 Å². The molecule has 230 valence electrons. The van der Waals surface area contributed by atoms with E-state index in [2.05, 4.69) is 78.3 Å². The van der Waals surface area contributed by atoms with Gasteiger partial charge >= 0.3 is 0 Å². The van der Waals surface area contributed by atoms with Crippen LogP contribution in [0.4, 0.5) is 10.1 Å². The molecule has 0 aliphatic heterocycles. The lowest BCUT2D eigenvalue weighted by Gasteiger charge is -2.66. The molecule has 0 unspecified atom stereocenters. The summed E-state index contributed by atoms with van der Waals surface area (Å²) in [4.78, 5) is 25.8. The summed E-state index contributed by atoms with van der Waals surface area (Å²) in [5.74, 6) is 1.71. The van der Waals surface area contributed by atoms with Crippen molar-refractivity contribution in [1.29, 1.82) is 0 Å². The molecule has 6 fully saturated rings. The predicted molar refractivity (Wildman–Crippen MR) is 172 cm³/mol. The molecular weight excluding hydrogens is 571 g/mol. The van der Waals surface area contributed by atoms with Crippen molar-refractivity contribution in [1.82, 2.24) is 15.1 Å². The molecule has 6 saturated carbocycles. The van der Waals surface area contributed by atoms with Gasteiger partial charge in [-0.3, -0.25) is 4.79 Å². The maximum Gasteiger partial charge on any atom is 0.232 e. The summed E-state index contributed by atoms with van der Waals surface area (Å²) in [7, 11) is 0. The number of nitrogens with zero attached hydrogens (tertiary/aromatic N) is 4. The van der Waals surface area contributed by atoms with Crippen LogP contribution in [-0.2, 0) is 15.6 Å². The van der Waals surface area contributed by atoms with E-state index in [-0.39, 0.29) is 27.6 Å². The number of rotatable bonds is 7. The number of carbonyl (C=O) groups excluding carboxylic acids is 1. The Balaban J connectivity index is 1.07. The van der Waals surface area contributed by atoms with E-state index in [0.717, 1.165) is 71.7 Å². The minimum atomic E-state index is -1.00. The third kappa shape index (κ3) is 4.62. The molecule has 1 amide bonds. The lowest BCUT2D eigenvalue weighted by Crippen LogP contribution is -2.65. The molecule has 6 nitrogen and oxygen atoms in total. The number of hydrogen-bond donors (Lipinski definition) is 0. The van der Waals surface area contributed by atoms with Crippen LogP contribution < -0.4 is 4.90 Å². The predicted octanol–water partition coefficient (Wildman–Crippen LogP) is 8.86. The van der Waals surface area contributed by atoms with Crippen molar-refractivity contribution in [2.75, 3.05) is 11.4 Å². The molecule has 44 heavy (non-hydrogen) atoms. The summed E-state index contributed by atoms with van der Waals surface area (Å²) >= 11 is 1.71. The van der Waals surface area contributed by atoms with Crippen LogP contribution >= 0.6 is 11.3 Å². The van der Waals surface area contributed by atoms with Gasteiger partial charge in [0.15, 0.2) is 5.82 Å². The van der Waals surface area contributed by atoms with Gasteiger partial charge in [-0.05, 0) is 111 Å². The van der Waals surface area contributed by atoms with Crippen LogP contribution in [-0.4, -0.2) is 33.2 Å². The number of carbonyl (C=O) groups is 1. The Labute approximate surface area is 262 Å². The van der Waals surface area contributed by atoms with Gasteiger partial charge < -0.3 is 9.42 Å². The monoisotopic (exact) mass is 612 g/mol. The van der Waals surface area contributed by atoms with Crippen molar-refractivity contribution < 1.29 is 13.7 Å². The van der Waals surface area contributed by atoms with E-state index in [1.165, 1.54) is 4.70 Å². The first kappa shape index (κ1) is 28.4. The lowest BCUT2D eigenvalue weighted by atomic mass is 9.41. The second-order valence-corrected chi connectivity index (χ2v) is 17.0. The Morgan fingerprint density at radius 1 is 0.955 bits per heavy atom. The number of aromatic nitrogens is 3. The molecule has 4 aromatic rings. The van der Waals surface area contributed by atoms with Gasteiger partial charge in [0.05, 0.1) is 15.2 Å². The van der Waals surface area contributed by atoms with E-state index in [9.17, 15) is 9.18 Å². The lowest BCUT2D eigenvalue weighted by molar-refractivity contribution is -0.215. The van der Waals surface area contributed by atoms with E-state index in [1.807, 2.05) is 6.92 Å². The van der Waals surface area contributed by atoms with Crippen LogP contribution in [0.5, 0.6) is 0 Å². The standard InChI is InChI=1S/C36H41FN4O2S/c1-23-38-27-9-8-25(17-28(27)44-23)24-6-5-7-26(16-24)41(29(42)18-34-19-36(37,20-34)21-34)22-33-10-13-35(14-11-33,15-12-33)30-39-31(43-40-30)32(2,3)4/h5-9,16-17H,10-15,18-22H2,1-4H3. The third-order valence-corrected chi connectivity index (χ3v) is 12.3. The zero-order chi connectivity index (χ0) is 30.5. The first-order valence-electron chi connectivity index (χ1n) is 16.2. The Morgan fingerprint density at radius 2 is 1.66 bits per heavy atom. The van der Waals surface area contributed by atoms with Gasteiger partial charge in [-0.2, -0.15) is 4.98 Å². The molecule has 0 spiro atoms. The number of anilines is 1. The summed E-state index contributed by atoms with van der Waals surface area (Å²) in [5.41, 5.74) is 2.91. The maximum atomic E-state index is 14.4. The zero-order valence-corrected chi connectivity index (χ0v) is 27.0. The summed E-state index contributed by atoms with van der Waals surface area (Å²) in [6, 6.07) is 14.9. The van der Waals surface area contributed by atoms with Gasteiger partial charge in [0.25, 0.3) is 0 Å². The number of amides is 1. The van der Waals surface area contributed by atoms with Crippen molar-refractivity contribution in [2.45, 2.75) is 108 Å². The average molecular weight is 613 g/mol. The third-order valence-electron chi connectivity index (χ3n) is 11.3. The molecule has 0 atom stereocenters. The van der Waals surface area contributed by atoms with Crippen LogP contribution in [0.2, 0.25) is 0 Å². The molecule has 0 N–H and O–H groups in total. The van der Waals surface area contributed by atoms with Gasteiger partial charge in [-0.1, -0.05) is 44.1 Å². The van der Waals surface area contributed by atoms with E-state index in [4.69, 9.17) is 9.51 Å². The Kier molecular flexibility index (Phi) is 6.08. The fourth-order valence-electron chi connectivity index (χ4n) is 8.78. The number of thiazole rings is 1. The fourth-order valence-corrected chi connectivity index (χ4v) is 9.64. The number of fused-ring (bicyclic) bond motifs is 4. The largest absolute Gasteiger partial charge is 0.339 e. The molecule has 0 saturated heterocycles. The highest BCUT2D eigenvalue weighted by Gasteiger charge is 2.69. The second kappa shape index (κ2) is 9.44. The van der Waals surface area contributed by atoms with Crippen molar-refractivity contribution in [3.8, 4) is 11.1 Å². The van der Waals surface area contributed by atoms with Gasteiger partial charge in [0.2, 0.25) is 11.8 Å². The smallest absolute Gasteiger partial charge is 0.232 e. The summed E-state index contributed by atoms with van der Waals surface area (Å²) < 4.78 is 21.3. The molecule has 2 aromatic heterocycles. The molecular formula is C36H41FN4O2S. The van der Waals surface area contributed by atoms with Crippen LogP contribution in [0.1, 0.15) is 102 Å². The van der Waals surface area contributed by atoms with Crippen LogP contribution in [0, 0.1) is 17.8 Å². The molecule has 4 bridgehead atoms. The molecule has 2 heterocycles. The number of alkyl halides is 1. The fraction of sp³-hybridized carbons (Fsp3) is 0.556. The van der Waals surface area contributed by atoms with Gasteiger partial charge in [-0.15, -0.1) is 11.3 Å². The highest BCUT2D eigenvalue weighted by atomic mass is 32.1. The second-order valence-electron chi connectivity index (χ2n) is 15.8. The molecule has 10 rings (SSSR count). The minimum Gasteiger partial charge on any atom is -0.339 e. The van der Waals surface area contributed by atoms with Gasteiger partial charge in [0, 0.05) is 29.5 Å². The quantitative estimate of drug-likeness (QED) is 0.208. The van der Waals surface area contributed by atoms with E-state index in [1.54, 1.807) is 11.3 Å². The van der Waals surface area contributed by atoms with E-state index >= 15 is 0 Å². The zero-order valence-electron chi connectivity index (χ0n) is 26.2. The van der Waals surface area contributed by atoms with Crippen molar-refractivity contribution in [2.24, 2.45) is 10.8 Å². The highest BCUT2D eigenvalue weighted by Crippen LogP contribution is 2.71. The van der Waals surface area contributed by atoms with Gasteiger partial charge in [-0.25, -0.2) is 9.37 Å². The molecule has 0 radical (unpaired) electrons. The molecule has 6 aliphatic rings. The molecule has 8 heteroatoms. The average Bonchev–Trinajstić information content (AvgIpc) is 3.62. The summed E-state index contributed by atoms with van der Waals surface area (Å²) in [6.45, 7) is 9.06. The first-order chi connectivity index (χ1) is 20.9. The number of benzene rings is 2. The molecule has 6 aliphatic carbocycles. The minimum absolute atomic E-state index is 0.0293. The SMILES string of the molecule is Cc1nc2ccc(-c3cccc(N(CC45CCC(c6noc(C(C)(C)C)n6)(CC4)CC5)C(=O)CC45CC(F)(C4)C5)c3)cc2s1. The Bertz CT molecular complexity index is 1740.